The minimum absolute atomic E-state index is 0.0687. The number of ether oxygens (including phenoxy) is 5. The largest absolute Gasteiger partial charge is 0.495 e. The summed E-state index contributed by atoms with van der Waals surface area (Å²) in [6.45, 7) is 6.93. The van der Waals surface area contributed by atoms with Crippen LogP contribution in [0.3, 0.4) is 0 Å². The molecule has 3 heterocycles. The van der Waals surface area contributed by atoms with Crippen LogP contribution in [0, 0.1) is 5.92 Å². The van der Waals surface area contributed by atoms with Crippen molar-refractivity contribution >= 4 is 68.7 Å². The van der Waals surface area contributed by atoms with E-state index in [9.17, 15) is 29.1 Å². The number of fused-ring (bicyclic) bond motifs is 5. The molecule has 0 saturated carbocycles. The zero-order chi connectivity index (χ0) is 42.2. The first kappa shape index (κ1) is 46.2. The van der Waals surface area contributed by atoms with Gasteiger partial charge < -0.3 is 43.7 Å². The van der Waals surface area contributed by atoms with Crippen molar-refractivity contribution in [3.8, 4) is 5.75 Å². The predicted octanol–water partition coefficient (Wildman–Crippen LogP) is 5.15. The number of nitrogens with one attached hydrogen (secondary N) is 1. The first-order valence-electron chi connectivity index (χ1n) is 18.7. The number of halogens is 1. The summed E-state index contributed by atoms with van der Waals surface area (Å²) in [4.78, 5) is 67.3. The fourth-order valence-electron chi connectivity index (χ4n) is 6.92. The summed E-state index contributed by atoms with van der Waals surface area (Å²) in [5, 5.41) is 23.3. The number of rotatable bonds is 13. The number of nitrogens with zero attached hydrogens (tertiary/aromatic N) is 2. The van der Waals surface area contributed by atoms with E-state index in [1.54, 1.807) is 45.2 Å². The van der Waals surface area contributed by atoms with Crippen molar-refractivity contribution in [1.29, 1.82) is 0 Å². The van der Waals surface area contributed by atoms with Crippen LogP contribution in [0.4, 0.5) is 10.5 Å². The number of carbonyl (C=O) groups excluding carboxylic acids is 4. The lowest BCUT2D eigenvalue weighted by atomic mass is 9.83. The molecule has 0 aliphatic carbocycles. The Kier molecular flexibility index (Phi) is 16.2. The van der Waals surface area contributed by atoms with E-state index in [1.807, 2.05) is 13.0 Å². The monoisotopic (exact) mass is 855 g/mol. The number of hydrogen-bond acceptors (Lipinski definition) is 13. The van der Waals surface area contributed by atoms with Crippen LogP contribution in [-0.4, -0.2) is 127 Å². The van der Waals surface area contributed by atoms with E-state index in [1.165, 1.54) is 59.6 Å². The number of carbonyl (C=O) groups is 5. The highest BCUT2D eigenvalue weighted by molar-refractivity contribution is 8.76. The van der Waals surface area contributed by atoms with Crippen molar-refractivity contribution in [3.05, 3.63) is 46.5 Å². The van der Waals surface area contributed by atoms with Gasteiger partial charge in [0.15, 0.2) is 5.72 Å². The second-order valence-corrected chi connectivity index (χ2v) is 17.9. The number of carboxylic acids is 1. The van der Waals surface area contributed by atoms with Crippen LogP contribution < -0.4 is 15.0 Å². The van der Waals surface area contributed by atoms with Crippen LogP contribution in [0.2, 0.25) is 5.02 Å². The van der Waals surface area contributed by atoms with Crippen LogP contribution in [-0.2, 0) is 44.5 Å². The Hall–Kier alpha value is -3.48. The second kappa shape index (κ2) is 20.0. The number of anilines is 1. The number of alkyl carbamates (subject to hydrolysis) is 1. The Bertz CT molecular complexity index is 1730. The van der Waals surface area contributed by atoms with E-state index in [0.717, 1.165) is 11.1 Å². The summed E-state index contributed by atoms with van der Waals surface area (Å²) in [7, 11) is 8.89. The number of hydrogen-bond donors (Lipinski definition) is 3. The minimum atomic E-state index is -1.84. The zero-order valence-electron chi connectivity index (χ0n) is 33.6. The smallest absolute Gasteiger partial charge is 0.409 e. The molecule has 8 atom stereocenters. The number of epoxide rings is 1. The molecule has 3 N–H and O–H groups in total. The summed E-state index contributed by atoms with van der Waals surface area (Å²) in [6.07, 6.45) is 1.47. The molecule has 0 aromatic heterocycles. The molecular weight excluding hydrogens is 802 g/mol. The highest BCUT2D eigenvalue weighted by atomic mass is 35.5. The number of allylic oxidation sites excluding steroid dienone is 3. The minimum Gasteiger partial charge on any atom is -0.495 e. The molecule has 1 aromatic carbocycles. The maximum Gasteiger partial charge on any atom is 0.409 e. The van der Waals surface area contributed by atoms with E-state index >= 15 is 0 Å². The lowest BCUT2D eigenvalue weighted by Gasteiger charge is -2.42. The van der Waals surface area contributed by atoms with Crippen LogP contribution in [0.25, 0.3) is 0 Å². The molecule has 3 amide bonds. The summed E-state index contributed by atoms with van der Waals surface area (Å²) in [5.41, 5.74) is -1.01. The summed E-state index contributed by atoms with van der Waals surface area (Å²) < 4.78 is 29.2. The Morgan fingerprint density at radius 1 is 1.18 bits per heavy atom. The molecule has 2 saturated heterocycles. The fraction of sp³-hybridized carbons (Fsp3) is 0.615. The molecule has 3 aliphatic heterocycles. The normalized spacial score (nSPS) is 29.8. The van der Waals surface area contributed by atoms with E-state index in [0.29, 0.717) is 35.8 Å². The molecule has 4 bridgehead atoms. The number of methoxy groups -OCH3 is 2. The molecule has 316 valence electrons. The van der Waals surface area contributed by atoms with Gasteiger partial charge in [0.25, 0.3) is 0 Å². The predicted molar refractivity (Wildman–Crippen MR) is 217 cm³/mol. The number of esters is 1. The maximum absolute atomic E-state index is 14.2. The third-order valence-electron chi connectivity index (χ3n) is 10.6. The van der Waals surface area contributed by atoms with Gasteiger partial charge in [0.05, 0.1) is 25.3 Å². The third-order valence-corrected chi connectivity index (χ3v) is 13.5. The van der Waals surface area contributed by atoms with Gasteiger partial charge in [-0.3, -0.25) is 19.7 Å². The molecule has 4 rings (SSSR count). The number of benzene rings is 1. The quantitative estimate of drug-likeness (QED) is 0.102. The number of aliphatic hydroxyl groups is 1. The fourth-order valence-corrected chi connectivity index (χ4v) is 9.30. The van der Waals surface area contributed by atoms with Crippen LogP contribution >= 0.6 is 33.2 Å². The van der Waals surface area contributed by atoms with Crippen LogP contribution in [0.5, 0.6) is 5.75 Å². The van der Waals surface area contributed by atoms with Gasteiger partial charge in [-0.2, -0.15) is 0 Å². The molecule has 18 heteroatoms. The summed E-state index contributed by atoms with van der Waals surface area (Å²) in [6, 6.07) is 2.53. The Balaban J connectivity index is 1.63. The summed E-state index contributed by atoms with van der Waals surface area (Å²) in [5.74, 6) is -1.47. The van der Waals surface area contributed by atoms with Crippen LogP contribution in [0.15, 0.2) is 35.9 Å². The van der Waals surface area contributed by atoms with Gasteiger partial charge in [-0.25, -0.2) is 9.59 Å². The molecular formula is C39H54ClN3O12S2. The Morgan fingerprint density at radius 3 is 2.54 bits per heavy atom. The van der Waals surface area contributed by atoms with E-state index < -0.39 is 71.6 Å². The van der Waals surface area contributed by atoms with Gasteiger partial charge in [0, 0.05) is 57.9 Å². The van der Waals surface area contributed by atoms with Crippen molar-refractivity contribution in [2.24, 2.45) is 5.92 Å². The molecule has 0 spiro atoms. The van der Waals surface area contributed by atoms with Gasteiger partial charge in [-0.05, 0) is 51.3 Å². The van der Waals surface area contributed by atoms with Crippen molar-refractivity contribution in [3.63, 3.8) is 0 Å². The molecule has 0 unspecified atom stereocenters. The van der Waals surface area contributed by atoms with E-state index in [-0.39, 0.29) is 36.6 Å². The molecule has 1 aromatic rings. The van der Waals surface area contributed by atoms with Gasteiger partial charge in [0.1, 0.15) is 40.7 Å². The average Bonchev–Trinajstić information content (AvgIpc) is 3.86. The Labute approximate surface area is 346 Å². The van der Waals surface area contributed by atoms with Crippen molar-refractivity contribution in [1.82, 2.24) is 10.2 Å². The van der Waals surface area contributed by atoms with Gasteiger partial charge >= 0.3 is 18.0 Å². The molecule has 2 fully saturated rings. The SMILES string of the molecule is COc1cc2cc(c1Cl)N(C)C(=O)C[C@H](OC(=O)[C@H](C)N(C)C(=O)CCSSCCCC(=O)O)[C@]1(C)O[C@H]1[C@H](C)[C@@H]1C[C@@](O)(NC(=O)O1)[C@H](OC)/C=C/C=C(\C)C2. The molecule has 3 aliphatic rings. The number of likely N-dealkylation sites (N-methyl/N-ethyl adjacent to an activating group) is 1. The standard InChI is InChI=1S/C39H54ClN3O12S2/c1-22-11-9-12-29(52-8)39(50)21-28(53-37(49)41-39)23(2)35-38(4,55-35)30(20-32(45)43(6)26-18-25(17-22)19-27(51-7)34(26)40)54-36(48)24(3)42(5)31(44)14-16-57-56-15-10-13-33(46)47/h9,11-12,18-19,23-24,28-30,35,50H,10,13-17,20-21H2,1-8H3,(H,41,49)(H,46,47)/b12-9+,22-11+/t23-,24+,28+,29-,30+,35+,38+,39+/m1/s1. The summed E-state index contributed by atoms with van der Waals surface area (Å²) >= 11 is 6.76. The Morgan fingerprint density at radius 2 is 1.88 bits per heavy atom. The zero-order valence-corrected chi connectivity index (χ0v) is 36.0. The second-order valence-electron chi connectivity index (χ2n) is 14.8. The van der Waals surface area contributed by atoms with Crippen LogP contribution in [0.1, 0.15) is 65.4 Å². The maximum atomic E-state index is 14.2. The molecule has 15 nitrogen and oxygen atoms in total. The molecule has 0 radical (unpaired) electrons. The van der Waals surface area contributed by atoms with E-state index in [2.05, 4.69) is 5.32 Å². The van der Waals surface area contributed by atoms with Crippen molar-refractivity contribution in [2.75, 3.05) is 44.7 Å². The number of carboxylic acid groups (broad SMARTS) is 1. The number of aliphatic carboxylic acids is 1. The van der Waals surface area contributed by atoms with Gasteiger partial charge in [-0.15, -0.1) is 0 Å². The van der Waals surface area contributed by atoms with Crippen molar-refractivity contribution < 1.29 is 57.9 Å². The highest BCUT2D eigenvalue weighted by Crippen LogP contribution is 2.49. The average molecular weight is 856 g/mol. The topological polar surface area (TPSA) is 194 Å². The highest BCUT2D eigenvalue weighted by Gasteiger charge is 2.64. The first-order valence-corrected chi connectivity index (χ1v) is 21.5. The number of amides is 3. The third kappa shape index (κ3) is 11.6. The van der Waals surface area contributed by atoms with Crippen molar-refractivity contribution in [2.45, 2.75) is 108 Å². The molecule has 57 heavy (non-hydrogen) atoms. The van der Waals surface area contributed by atoms with Gasteiger partial charge in [0.2, 0.25) is 11.8 Å². The lowest BCUT2D eigenvalue weighted by molar-refractivity contribution is -0.162. The van der Waals surface area contributed by atoms with Gasteiger partial charge in [-0.1, -0.05) is 63.9 Å². The van der Waals surface area contributed by atoms with E-state index in [4.69, 9.17) is 40.4 Å². The first-order chi connectivity index (χ1) is 26.8. The lowest BCUT2D eigenvalue weighted by Crippen LogP contribution is -2.63.